The summed E-state index contributed by atoms with van der Waals surface area (Å²) in [5, 5.41) is 29.3. The summed E-state index contributed by atoms with van der Waals surface area (Å²) in [6.07, 6.45) is 9.95. The van der Waals surface area contributed by atoms with E-state index in [1.54, 1.807) is 69.3 Å². The van der Waals surface area contributed by atoms with Gasteiger partial charge in [-0.05, 0) is 148 Å². The summed E-state index contributed by atoms with van der Waals surface area (Å²) in [5.41, 5.74) is 5.51. The molecule has 6 aromatic rings. The molecule has 2 atom stereocenters. The lowest BCUT2D eigenvalue weighted by Crippen LogP contribution is -2.56. The van der Waals surface area contributed by atoms with Gasteiger partial charge in [0, 0.05) is 95.4 Å². The number of benzene rings is 2. The number of likely N-dealkylation sites (tertiary alicyclic amines) is 1. The summed E-state index contributed by atoms with van der Waals surface area (Å²) >= 11 is 0. The molecule has 4 N–H and O–H groups in total. The van der Waals surface area contributed by atoms with Crippen LogP contribution in [0.1, 0.15) is 124 Å². The quantitative estimate of drug-likeness (QED) is 0.0158. The molecule has 9 rings (SSSR count). The van der Waals surface area contributed by atoms with Gasteiger partial charge in [-0.25, -0.2) is 19.1 Å². The lowest BCUT2D eigenvalue weighted by molar-refractivity contribution is -0.151. The van der Waals surface area contributed by atoms with E-state index in [4.69, 9.17) is 37.9 Å². The van der Waals surface area contributed by atoms with E-state index in [0.29, 0.717) is 112 Å². The SMILES string of the molecule is COC(=O)[C@H](CCC(C)(C)C)NC(=O)c1ccc(Oc2cccc(OCC(=O)N(CCOC3CN(C(=O)COCc4cn(CC(=O)NCCCn5nccc5C(=O)N[C@H](C(=O)Nc5ccc(-c6c(C)nn(COCC[Si](C)(C)C)c6C)cc5)C(C5CC5)C5CC5)nn4)C3)CCO[Si](C)(C)C(C)(C)C)c2)nc1. The van der Waals surface area contributed by atoms with E-state index in [1.165, 1.54) is 18.0 Å². The second-order valence-electron chi connectivity index (χ2n) is 31.9. The molecule has 2 aromatic carbocycles. The number of esters is 1. The number of carbonyl (C=O) groups excluding carboxylic acids is 7. The molecule has 2 saturated carbocycles. The number of carbonyl (C=O) groups is 7. The molecule has 0 radical (unpaired) electrons. The Morgan fingerprint density at radius 3 is 2.18 bits per heavy atom. The van der Waals surface area contributed by atoms with Crippen LogP contribution < -0.4 is 30.7 Å². The van der Waals surface area contributed by atoms with Crippen LogP contribution in [0.2, 0.25) is 43.8 Å². The van der Waals surface area contributed by atoms with Crippen LogP contribution in [0.4, 0.5) is 5.69 Å². The van der Waals surface area contributed by atoms with Crippen LogP contribution in [0, 0.1) is 37.0 Å². The van der Waals surface area contributed by atoms with Gasteiger partial charge in [-0.2, -0.15) is 10.2 Å². The van der Waals surface area contributed by atoms with Crippen molar-refractivity contribution in [2.24, 2.45) is 23.2 Å². The van der Waals surface area contributed by atoms with Crippen molar-refractivity contribution in [1.29, 1.82) is 0 Å². The lowest BCUT2D eigenvalue weighted by atomic mass is 9.88. The third kappa shape index (κ3) is 24.4. The van der Waals surface area contributed by atoms with Gasteiger partial charge in [-0.15, -0.1) is 5.10 Å². The third-order valence-electron chi connectivity index (χ3n) is 19.8. The average molecular weight is 1500 g/mol. The van der Waals surface area contributed by atoms with Crippen LogP contribution in [-0.2, 0) is 73.8 Å². The maximum atomic E-state index is 14.3. The number of nitrogens with one attached hydrogen (secondary N) is 4. The summed E-state index contributed by atoms with van der Waals surface area (Å²) in [5.74, 6) is -0.705. The second kappa shape index (κ2) is 36.7. The highest BCUT2D eigenvalue weighted by atomic mass is 28.4. The van der Waals surface area contributed by atoms with Crippen LogP contribution in [0.5, 0.6) is 17.4 Å². The summed E-state index contributed by atoms with van der Waals surface area (Å²) < 4.78 is 46.1. The first-order valence-corrected chi connectivity index (χ1v) is 43.6. The molecule has 576 valence electrons. The summed E-state index contributed by atoms with van der Waals surface area (Å²) in [4.78, 5) is 102. The van der Waals surface area contributed by atoms with E-state index in [2.05, 4.69) is 116 Å². The number of ether oxygens (including phenoxy) is 6. The average Bonchev–Trinajstić information content (AvgIpc) is 1.63. The number of anilines is 1. The van der Waals surface area contributed by atoms with E-state index in [-0.39, 0.29) is 103 Å². The number of aryl methyl sites for hydroxylation is 2. The van der Waals surface area contributed by atoms with E-state index < -0.39 is 40.4 Å². The Hall–Kier alpha value is -8.69. The number of amides is 6. The van der Waals surface area contributed by atoms with Crippen LogP contribution in [0.3, 0.4) is 0 Å². The predicted molar refractivity (Wildman–Crippen MR) is 404 cm³/mol. The van der Waals surface area contributed by atoms with Crippen LogP contribution >= 0.6 is 0 Å². The molecule has 1 aliphatic heterocycles. The van der Waals surface area contributed by atoms with E-state index in [9.17, 15) is 33.6 Å². The fourth-order valence-electron chi connectivity index (χ4n) is 12.2. The number of aromatic nitrogens is 8. The Morgan fingerprint density at radius 1 is 0.792 bits per heavy atom. The first-order chi connectivity index (χ1) is 50.3. The van der Waals surface area contributed by atoms with Gasteiger partial charge in [-0.3, -0.25) is 33.4 Å². The summed E-state index contributed by atoms with van der Waals surface area (Å²) in [7, 11) is -2.06. The molecule has 2 aliphatic carbocycles. The molecular weight excluding hydrogens is 1390 g/mol. The zero-order valence-electron chi connectivity index (χ0n) is 64.3. The maximum Gasteiger partial charge on any atom is 0.328 e. The van der Waals surface area contributed by atoms with Gasteiger partial charge < -0.3 is 63.9 Å². The zero-order valence-corrected chi connectivity index (χ0v) is 66.3. The second-order valence-corrected chi connectivity index (χ2v) is 42.3. The number of nitrogens with zero attached hydrogens (tertiary/aromatic N) is 10. The molecule has 5 heterocycles. The largest absolute Gasteiger partial charge is 0.484 e. The van der Waals surface area contributed by atoms with Gasteiger partial charge in [0.2, 0.25) is 23.6 Å². The Kier molecular flexibility index (Phi) is 28.2. The molecule has 0 bridgehead atoms. The summed E-state index contributed by atoms with van der Waals surface area (Å²) in [6.45, 7) is 30.9. The van der Waals surface area contributed by atoms with E-state index in [0.717, 1.165) is 54.2 Å². The zero-order chi connectivity index (χ0) is 76.5. The normalized spacial score (nSPS) is 14.8. The number of rotatable bonds is 41. The van der Waals surface area contributed by atoms with Gasteiger partial charge in [-0.1, -0.05) is 84.6 Å². The van der Waals surface area contributed by atoms with Gasteiger partial charge >= 0.3 is 5.97 Å². The van der Waals surface area contributed by atoms with Crippen molar-refractivity contribution in [3.63, 3.8) is 0 Å². The monoisotopic (exact) mass is 1500 g/mol. The molecule has 4 aromatic heterocycles. The molecule has 6 amide bonds. The molecule has 28 nitrogen and oxygen atoms in total. The molecule has 3 aliphatic rings. The fourth-order valence-corrected chi connectivity index (χ4v) is 14.0. The van der Waals surface area contributed by atoms with Crippen LogP contribution in [0.15, 0.2) is 85.3 Å². The number of pyridine rings is 1. The molecule has 30 heteroatoms. The van der Waals surface area contributed by atoms with Crippen molar-refractivity contribution in [3.8, 4) is 28.5 Å². The lowest BCUT2D eigenvalue weighted by Gasteiger charge is -2.39. The Bertz CT molecular complexity index is 3930. The number of hydrogen-bond donors (Lipinski definition) is 4. The minimum atomic E-state index is -2.13. The van der Waals surface area contributed by atoms with Gasteiger partial charge in [0.05, 0.1) is 50.5 Å². The predicted octanol–water partition coefficient (Wildman–Crippen LogP) is 9.61. The Balaban J connectivity index is 0.667. The van der Waals surface area contributed by atoms with Crippen molar-refractivity contribution in [3.05, 3.63) is 114 Å². The van der Waals surface area contributed by atoms with Crippen molar-refractivity contribution < 1.29 is 66.4 Å². The highest BCUT2D eigenvalue weighted by Crippen LogP contribution is 2.51. The molecule has 3 fully saturated rings. The smallest absolute Gasteiger partial charge is 0.328 e. The highest BCUT2D eigenvalue weighted by molar-refractivity contribution is 6.76. The van der Waals surface area contributed by atoms with E-state index >= 15 is 0 Å². The topological polar surface area (TPSA) is 318 Å². The molecule has 106 heavy (non-hydrogen) atoms. The third-order valence-corrected chi connectivity index (χ3v) is 26.0. The molecule has 0 unspecified atom stereocenters. The Labute approximate surface area is 624 Å². The number of methoxy groups -OCH3 is 1. The summed E-state index contributed by atoms with van der Waals surface area (Å²) in [6, 6.07) is 18.8. The van der Waals surface area contributed by atoms with Gasteiger partial charge in [0.15, 0.2) is 14.9 Å². The first kappa shape index (κ1) is 81.4. The van der Waals surface area contributed by atoms with Gasteiger partial charge in [0.25, 0.3) is 17.7 Å². The molecule has 0 spiro atoms. The fraction of sp³-hybridized carbons (Fsp3) is 0.579. The highest BCUT2D eigenvalue weighted by Gasteiger charge is 2.49. The maximum absolute atomic E-state index is 14.3. The number of hydrogen-bond acceptors (Lipinski definition) is 19. The molecular formula is C76H110N14O14Si2. The van der Waals surface area contributed by atoms with E-state index in [1.807, 2.05) is 42.8 Å². The van der Waals surface area contributed by atoms with Crippen molar-refractivity contribution in [2.45, 2.75) is 189 Å². The Morgan fingerprint density at radius 2 is 1.51 bits per heavy atom. The molecule has 1 saturated heterocycles. The van der Waals surface area contributed by atoms with Crippen molar-refractivity contribution in [2.75, 3.05) is 78.2 Å². The standard InChI is InChI=1S/C76H110N14O14Si2/c1-51-68(52(2)90(84-51)50-99-39-40-105(10,11)12)53-23-26-57(27-24-53)80-73(96)70(69(54-19-20-54)55-21-22-55)82-72(95)63-30-33-79-89(63)34-16-32-77-64(91)46-88-43-58(83-85-88)47-100-48-66(92)87-44-61(45-87)101-37-35-86(36-38-103-106(13,14)76(6,7)8)67(93)49-102-59-17-15-18-60(41-59)104-65-28-25-56(42-78-65)71(94)81-62(74(97)98-9)29-31-75(3,4)5/h15,17-18,23-28,30,33,41-43,54-55,61-62,69-70H,16,19-22,29,31-32,34-40,44-50H2,1-14H3,(H,77,91)(H,80,96)(H,81,94)(H,82,95)/t62-,70-/m0/s1. The van der Waals surface area contributed by atoms with Crippen molar-refractivity contribution in [1.82, 2.24) is 65.3 Å². The minimum Gasteiger partial charge on any atom is -0.484 e. The van der Waals surface area contributed by atoms with Crippen LogP contribution in [-0.4, -0.2) is 198 Å². The van der Waals surface area contributed by atoms with Crippen LogP contribution in [0.25, 0.3) is 11.1 Å². The first-order valence-electron chi connectivity index (χ1n) is 37.0. The van der Waals surface area contributed by atoms with Crippen molar-refractivity contribution >= 4 is 63.5 Å². The minimum absolute atomic E-state index is 0.00632. The van der Waals surface area contributed by atoms with Gasteiger partial charge in [0.1, 0.15) is 54.9 Å².